The molecule has 6 nitrogen and oxygen atoms in total. The number of halogens is 4. The third kappa shape index (κ3) is 2.86. The number of nitrogens with one attached hydrogen (secondary N) is 1. The summed E-state index contributed by atoms with van der Waals surface area (Å²) in [7, 11) is 1.52. The molecule has 10 heteroatoms. The van der Waals surface area contributed by atoms with Gasteiger partial charge < -0.3 is 10.3 Å². The number of nitrogens with two attached hydrogens (primary N) is 1. The van der Waals surface area contributed by atoms with Crippen LogP contribution in [0.15, 0.2) is 30.6 Å². The Hall–Kier alpha value is -3.17. The number of alkyl halides is 3. The second-order valence-corrected chi connectivity index (χ2v) is 5.24. The first kappa shape index (κ1) is 16.7. The Morgan fingerprint density at radius 3 is 2.52 bits per heavy atom. The van der Waals surface area contributed by atoms with Crippen molar-refractivity contribution in [2.24, 2.45) is 12.8 Å². The molecule has 1 aromatic carbocycles. The molecule has 0 fully saturated rings. The number of hydrogen-bond acceptors (Lipinski definition) is 3. The van der Waals surface area contributed by atoms with Crippen LogP contribution in [0.3, 0.4) is 0 Å². The number of carbonyl (C=O) groups is 1. The number of aromatic nitrogens is 4. The Balaban J connectivity index is 2.06. The Labute approximate surface area is 138 Å². The quantitative estimate of drug-likeness (QED) is 0.710. The van der Waals surface area contributed by atoms with Gasteiger partial charge in [0.05, 0.1) is 18.1 Å². The molecule has 1 amide bonds. The van der Waals surface area contributed by atoms with Gasteiger partial charge in [0.1, 0.15) is 11.5 Å². The summed E-state index contributed by atoms with van der Waals surface area (Å²) in [5, 5.41) is 5.18. The van der Waals surface area contributed by atoms with E-state index in [0.29, 0.717) is 11.3 Å². The summed E-state index contributed by atoms with van der Waals surface area (Å²) in [6.07, 6.45) is -2.45. The Kier molecular flexibility index (Phi) is 3.82. The lowest BCUT2D eigenvalue weighted by molar-refractivity contribution is -0.140. The van der Waals surface area contributed by atoms with Crippen LogP contribution in [0.1, 0.15) is 16.3 Å². The van der Waals surface area contributed by atoms with Gasteiger partial charge in [-0.15, -0.1) is 0 Å². The highest BCUT2D eigenvalue weighted by Gasteiger charge is 2.36. The van der Waals surface area contributed by atoms with Gasteiger partial charge in [-0.3, -0.25) is 9.89 Å². The van der Waals surface area contributed by atoms with E-state index in [-0.39, 0.29) is 17.0 Å². The summed E-state index contributed by atoms with van der Waals surface area (Å²) in [5.41, 5.74) is 4.13. The van der Waals surface area contributed by atoms with Crippen LogP contribution in [0, 0.1) is 5.82 Å². The van der Waals surface area contributed by atoms with Gasteiger partial charge in [-0.2, -0.15) is 18.3 Å². The summed E-state index contributed by atoms with van der Waals surface area (Å²) < 4.78 is 54.6. The maximum absolute atomic E-state index is 14.4. The third-order valence-electron chi connectivity index (χ3n) is 3.69. The molecule has 2 heterocycles. The molecule has 0 aliphatic rings. The summed E-state index contributed by atoms with van der Waals surface area (Å²) >= 11 is 0. The van der Waals surface area contributed by atoms with Gasteiger partial charge in [0.2, 0.25) is 0 Å². The fraction of sp³-hybridized carbons (Fsp3) is 0.133. The maximum Gasteiger partial charge on any atom is 0.433 e. The van der Waals surface area contributed by atoms with Crippen molar-refractivity contribution in [3.8, 4) is 22.4 Å². The molecule has 0 saturated heterocycles. The monoisotopic (exact) mass is 353 g/mol. The van der Waals surface area contributed by atoms with E-state index in [4.69, 9.17) is 5.73 Å². The zero-order valence-electron chi connectivity index (χ0n) is 12.7. The molecule has 3 rings (SSSR count). The molecule has 0 spiro atoms. The van der Waals surface area contributed by atoms with Crippen molar-refractivity contribution in [3.05, 3.63) is 47.9 Å². The summed E-state index contributed by atoms with van der Waals surface area (Å²) in [6.45, 7) is 0. The summed E-state index contributed by atoms with van der Waals surface area (Å²) in [4.78, 5) is 15.1. The van der Waals surface area contributed by atoms with E-state index in [9.17, 15) is 22.4 Å². The fourth-order valence-electron chi connectivity index (χ4n) is 2.51. The van der Waals surface area contributed by atoms with Gasteiger partial charge in [0, 0.05) is 23.7 Å². The van der Waals surface area contributed by atoms with E-state index < -0.39 is 23.6 Å². The standard InChI is InChI=1S/C15H11F4N5O/c1-24-11(6-21-14(24)13(20)25)7-2-3-8(10(16)4-7)9-5-22-23-12(9)15(17,18)19/h2-6H,1H3,(H2,20,25)(H,22,23). The van der Waals surface area contributed by atoms with Gasteiger partial charge >= 0.3 is 6.18 Å². The number of aromatic amines is 1. The molecule has 2 aromatic heterocycles. The topological polar surface area (TPSA) is 89.6 Å². The molecule has 130 valence electrons. The number of carbonyl (C=O) groups excluding carboxylic acids is 1. The lowest BCUT2D eigenvalue weighted by atomic mass is 10.0. The van der Waals surface area contributed by atoms with E-state index in [1.165, 1.54) is 29.9 Å². The number of rotatable bonds is 3. The van der Waals surface area contributed by atoms with Crippen molar-refractivity contribution in [1.29, 1.82) is 0 Å². The smallest absolute Gasteiger partial charge is 0.363 e. The highest BCUT2D eigenvalue weighted by molar-refractivity contribution is 5.90. The van der Waals surface area contributed by atoms with Gasteiger partial charge in [-0.1, -0.05) is 12.1 Å². The van der Waals surface area contributed by atoms with E-state index in [1.807, 2.05) is 5.10 Å². The number of nitrogens with zero attached hydrogens (tertiary/aromatic N) is 3. The molecule has 0 aliphatic carbocycles. The van der Waals surface area contributed by atoms with Gasteiger partial charge in [0.15, 0.2) is 5.82 Å². The largest absolute Gasteiger partial charge is 0.433 e. The van der Waals surface area contributed by atoms with Crippen molar-refractivity contribution in [1.82, 2.24) is 19.7 Å². The van der Waals surface area contributed by atoms with Crippen LogP contribution in [0.4, 0.5) is 17.6 Å². The fourth-order valence-corrected chi connectivity index (χ4v) is 2.51. The zero-order chi connectivity index (χ0) is 18.4. The number of imidazole rings is 1. The molecule has 0 saturated carbocycles. The molecule has 25 heavy (non-hydrogen) atoms. The van der Waals surface area contributed by atoms with Crippen molar-refractivity contribution in [3.63, 3.8) is 0 Å². The highest BCUT2D eigenvalue weighted by Crippen LogP contribution is 2.37. The molecular weight excluding hydrogens is 342 g/mol. The highest BCUT2D eigenvalue weighted by atomic mass is 19.4. The van der Waals surface area contributed by atoms with E-state index in [0.717, 1.165) is 12.3 Å². The minimum atomic E-state index is -4.69. The van der Waals surface area contributed by atoms with Crippen LogP contribution < -0.4 is 5.73 Å². The van der Waals surface area contributed by atoms with Crippen LogP contribution in [0.2, 0.25) is 0 Å². The SMILES string of the molecule is Cn1c(-c2ccc(-c3cn[nH]c3C(F)(F)F)c(F)c2)cnc1C(N)=O. The Morgan fingerprint density at radius 1 is 1.24 bits per heavy atom. The van der Waals surface area contributed by atoms with Crippen molar-refractivity contribution >= 4 is 5.91 Å². The number of amides is 1. The van der Waals surface area contributed by atoms with Crippen molar-refractivity contribution < 1.29 is 22.4 Å². The Bertz CT molecular complexity index is 957. The van der Waals surface area contributed by atoms with Gasteiger partial charge in [-0.05, 0) is 6.07 Å². The summed E-state index contributed by atoms with van der Waals surface area (Å²) in [6, 6.07) is 3.69. The second kappa shape index (κ2) is 5.72. The predicted molar refractivity (Wildman–Crippen MR) is 79.7 cm³/mol. The van der Waals surface area contributed by atoms with Crippen LogP contribution >= 0.6 is 0 Å². The zero-order valence-corrected chi connectivity index (χ0v) is 12.7. The van der Waals surface area contributed by atoms with Crippen LogP contribution in [0.5, 0.6) is 0 Å². The van der Waals surface area contributed by atoms with Gasteiger partial charge in [0.25, 0.3) is 5.91 Å². The van der Waals surface area contributed by atoms with E-state index >= 15 is 0 Å². The molecule has 0 unspecified atom stereocenters. The predicted octanol–water partition coefficient (Wildman–Crippen LogP) is 2.73. The number of H-pyrrole nitrogens is 1. The van der Waals surface area contributed by atoms with Crippen molar-refractivity contribution in [2.75, 3.05) is 0 Å². The van der Waals surface area contributed by atoms with Gasteiger partial charge in [-0.25, -0.2) is 9.37 Å². The van der Waals surface area contributed by atoms with Crippen LogP contribution in [0.25, 0.3) is 22.4 Å². The number of primary amides is 1. The first-order valence-corrected chi connectivity index (χ1v) is 6.92. The molecular formula is C15H11F4N5O. The maximum atomic E-state index is 14.4. The van der Waals surface area contributed by atoms with Crippen LogP contribution in [-0.4, -0.2) is 25.7 Å². The van der Waals surface area contributed by atoms with E-state index in [1.54, 1.807) is 0 Å². The van der Waals surface area contributed by atoms with Crippen molar-refractivity contribution in [2.45, 2.75) is 6.18 Å². The molecule has 0 atom stereocenters. The lowest BCUT2D eigenvalue weighted by Gasteiger charge is -2.10. The molecule has 0 radical (unpaired) electrons. The van der Waals surface area contributed by atoms with Crippen LogP contribution in [-0.2, 0) is 13.2 Å². The lowest BCUT2D eigenvalue weighted by Crippen LogP contribution is -2.16. The normalized spacial score (nSPS) is 11.7. The second-order valence-electron chi connectivity index (χ2n) is 5.24. The molecule has 3 N–H and O–H groups in total. The van der Waals surface area contributed by atoms with E-state index in [2.05, 4.69) is 10.1 Å². The molecule has 0 aliphatic heterocycles. The molecule has 3 aromatic rings. The minimum Gasteiger partial charge on any atom is -0.363 e. The third-order valence-corrected chi connectivity index (χ3v) is 3.69. The minimum absolute atomic E-state index is 0.0197. The number of hydrogen-bond donors (Lipinski definition) is 2. The average molecular weight is 353 g/mol. The molecule has 0 bridgehead atoms. The first-order chi connectivity index (χ1) is 11.7. The Morgan fingerprint density at radius 2 is 1.96 bits per heavy atom. The average Bonchev–Trinajstić information content (AvgIpc) is 3.13. The first-order valence-electron chi connectivity index (χ1n) is 6.92. The number of benzene rings is 1. The summed E-state index contributed by atoms with van der Waals surface area (Å²) in [5.74, 6) is -1.64.